The Bertz CT molecular complexity index is 777. The van der Waals surface area contributed by atoms with Gasteiger partial charge in [-0.3, -0.25) is 4.57 Å². The van der Waals surface area contributed by atoms with Gasteiger partial charge in [0.2, 0.25) is 5.95 Å². The summed E-state index contributed by atoms with van der Waals surface area (Å²) in [6.45, 7) is 2.18. The third-order valence-corrected chi connectivity index (χ3v) is 3.65. The van der Waals surface area contributed by atoms with Gasteiger partial charge in [0.05, 0.1) is 18.3 Å². The number of nitrogens with two attached hydrogens (primary N) is 1. The molecule has 0 saturated heterocycles. The standard InChI is InChI=1S/C17H19N3O/c1-3-7-12-8-4-5-9-13(12)20-14-10-6-11-15(21-2)16(14)19-17(20)18/h4-6,8-11H,3,7H2,1-2H3,(H2,18,19). The first-order valence-corrected chi connectivity index (χ1v) is 7.15. The smallest absolute Gasteiger partial charge is 0.206 e. The minimum Gasteiger partial charge on any atom is -0.494 e. The van der Waals surface area contributed by atoms with Crippen LogP contribution in [0, 0.1) is 0 Å². The zero-order valence-electron chi connectivity index (χ0n) is 12.3. The number of para-hydroxylation sites is 2. The summed E-state index contributed by atoms with van der Waals surface area (Å²) in [6.07, 6.45) is 2.10. The normalized spacial score (nSPS) is 11.0. The van der Waals surface area contributed by atoms with Crippen molar-refractivity contribution in [1.29, 1.82) is 0 Å². The largest absolute Gasteiger partial charge is 0.494 e. The Hall–Kier alpha value is -2.49. The monoisotopic (exact) mass is 281 g/mol. The summed E-state index contributed by atoms with van der Waals surface area (Å²) in [4.78, 5) is 4.48. The van der Waals surface area contributed by atoms with Gasteiger partial charge >= 0.3 is 0 Å². The van der Waals surface area contributed by atoms with Crippen molar-refractivity contribution in [3.8, 4) is 11.4 Å². The van der Waals surface area contributed by atoms with E-state index in [9.17, 15) is 0 Å². The van der Waals surface area contributed by atoms with Crippen LogP contribution in [0.1, 0.15) is 18.9 Å². The highest BCUT2D eigenvalue weighted by Crippen LogP contribution is 2.30. The second-order valence-corrected chi connectivity index (χ2v) is 5.01. The lowest BCUT2D eigenvalue weighted by Crippen LogP contribution is -2.03. The number of aryl methyl sites for hydroxylation is 1. The van der Waals surface area contributed by atoms with E-state index in [4.69, 9.17) is 10.5 Å². The van der Waals surface area contributed by atoms with Crippen LogP contribution in [0.3, 0.4) is 0 Å². The van der Waals surface area contributed by atoms with Crippen molar-refractivity contribution in [1.82, 2.24) is 9.55 Å². The van der Waals surface area contributed by atoms with Crippen LogP contribution < -0.4 is 10.5 Å². The van der Waals surface area contributed by atoms with Gasteiger partial charge in [0, 0.05) is 0 Å². The SMILES string of the molecule is CCCc1ccccc1-n1c(N)nc2c(OC)cccc21. The Balaban J connectivity index is 2.28. The van der Waals surface area contributed by atoms with E-state index in [0.717, 1.165) is 35.3 Å². The number of fused-ring (bicyclic) bond motifs is 1. The predicted molar refractivity (Wildman–Crippen MR) is 86.0 cm³/mol. The molecule has 1 heterocycles. The summed E-state index contributed by atoms with van der Waals surface area (Å²) in [5, 5.41) is 0. The number of hydrogen-bond donors (Lipinski definition) is 1. The minimum absolute atomic E-state index is 0.484. The van der Waals surface area contributed by atoms with Crippen molar-refractivity contribution in [3.63, 3.8) is 0 Å². The van der Waals surface area contributed by atoms with Gasteiger partial charge in [-0.25, -0.2) is 4.98 Å². The Kier molecular flexibility index (Phi) is 3.52. The summed E-state index contributed by atoms with van der Waals surface area (Å²) < 4.78 is 7.38. The second kappa shape index (κ2) is 5.48. The third kappa shape index (κ3) is 2.23. The number of aromatic nitrogens is 2. The van der Waals surface area contributed by atoms with Gasteiger partial charge in [-0.15, -0.1) is 0 Å². The number of nitrogens with zero attached hydrogens (tertiary/aromatic N) is 2. The average Bonchev–Trinajstić information content (AvgIpc) is 2.84. The number of benzene rings is 2. The summed E-state index contributed by atoms with van der Waals surface area (Å²) in [5.74, 6) is 1.23. The molecule has 0 saturated carbocycles. The molecule has 3 rings (SSSR count). The minimum atomic E-state index is 0.484. The molecule has 1 aromatic heterocycles. The van der Waals surface area contributed by atoms with Crippen LogP contribution in [-0.4, -0.2) is 16.7 Å². The molecular formula is C17H19N3O. The molecule has 2 aromatic carbocycles. The van der Waals surface area contributed by atoms with Crippen molar-refractivity contribution in [2.45, 2.75) is 19.8 Å². The molecule has 2 N–H and O–H groups in total. The molecule has 0 aliphatic rings. The average molecular weight is 281 g/mol. The Labute approximate surface area is 124 Å². The molecule has 0 atom stereocenters. The van der Waals surface area contributed by atoms with Crippen molar-refractivity contribution in [2.75, 3.05) is 12.8 Å². The molecule has 0 radical (unpaired) electrons. The molecule has 4 heteroatoms. The molecule has 3 aromatic rings. The molecule has 0 aliphatic heterocycles. The first-order valence-electron chi connectivity index (χ1n) is 7.15. The van der Waals surface area contributed by atoms with Crippen molar-refractivity contribution in [3.05, 3.63) is 48.0 Å². The summed E-state index contributed by atoms with van der Waals surface area (Å²) in [7, 11) is 1.65. The van der Waals surface area contributed by atoms with Gasteiger partial charge in [0.1, 0.15) is 11.3 Å². The summed E-state index contributed by atoms with van der Waals surface area (Å²) in [6, 6.07) is 14.2. The second-order valence-electron chi connectivity index (χ2n) is 5.01. The number of nitrogen functional groups attached to an aromatic ring is 1. The fourth-order valence-corrected chi connectivity index (χ4v) is 2.72. The van der Waals surface area contributed by atoms with Crippen molar-refractivity contribution >= 4 is 17.0 Å². The Morgan fingerprint density at radius 3 is 2.71 bits per heavy atom. The van der Waals surface area contributed by atoms with Gasteiger partial charge in [0.15, 0.2) is 0 Å². The van der Waals surface area contributed by atoms with Crippen molar-refractivity contribution in [2.24, 2.45) is 0 Å². The van der Waals surface area contributed by atoms with E-state index in [1.54, 1.807) is 7.11 Å². The zero-order valence-corrected chi connectivity index (χ0v) is 12.3. The first kappa shape index (κ1) is 13.5. The van der Waals surface area contributed by atoms with E-state index in [1.165, 1.54) is 5.56 Å². The number of rotatable bonds is 4. The van der Waals surface area contributed by atoms with Crippen LogP contribution >= 0.6 is 0 Å². The van der Waals surface area contributed by atoms with E-state index < -0.39 is 0 Å². The van der Waals surface area contributed by atoms with Crippen molar-refractivity contribution < 1.29 is 4.74 Å². The molecule has 0 unspecified atom stereocenters. The molecule has 0 amide bonds. The van der Waals surface area contributed by atoms with Crippen LogP contribution in [0.5, 0.6) is 5.75 Å². The summed E-state index contributed by atoms with van der Waals surface area (Å²) in [5.41, 5.74) is 10.3. The maximum Gasteiger partial charge on any atom is 0.206 e. The molecule has 0 fully saturated rings. The predicted octanol–water partition coefficient (Wildman–Crippen LogP) is 3.57. The van der Waals surface area contributed by atoms with Crippen LogP contribution in [0.15, 0.2) is 42.5 Å². The van der Waals surface area contributed by atoms with E-state index in [1.807, 2.05) is 28.8 Å². The lowest BCUT2D eigenvalue weighted by atomic mass is 10.1. The van der Waals surface area contributed by atoms with Gasteiger partial charge in [-0.1, -0.05) is 37.6 Å². The molecule has 21 heavy (non-hydrogen) atoms. The highest BCUT2D eigenvalue weighted by atomic mass is 16.5. The van der Waals surface area contributed by atoms with Crippen LogP contribution in [0.2, 0.25) is 0 Å². The first-order chi connectivity index (χ1) is 10.3. The fourth-order valence-electron chi connectivity index (χ4n) is 2.72. The topological polar surface area (TPSA) is 53.1 Å². The quantitative estimate of drug-likeness (QED) is 0.795. The number of hydrogen-bond acceptors (Lipinski definition) is 3. The van der Waals surface area contributed by atoms with Gasteiger partial charge in [0.25, 0.3) is 0 Å². The number of imidazole rings is 1. The van der Waals surface area contributed by atoms with Gasteiger partial charge in [-0.2, -0.15) is 0 Å². The van der Waals surface area contributed by atoms with E-state index in [0.29, 0.717) is 5.95 Å². The molecule has 0 aliphatic carbocycles. The Morgan fingerprint density at radius 2 is 1.95 bits per heavy atom. The Morgan fingerprint density at radius 1 is 1.14 bits per heavy atom. The molecule has 0 spiro atoms. The molecule has 0 bridgehead atoms. The van der Waals surface area contributed by atoms with Crippen LogP contribution in [0.25, 0.3) is 16.7 Å². The van der Waals surface area contributed by atoms with E-state index in [-0.39, 0.29) is 0 Å². The van der Waals surface area contributed by atoms with Gasteiger partial charge in [-0.05, 0) is 30.2 Å². The van der Waals surface area contributed by atoms with Gasteiger partial charge < -0.3 is 10.5 Å². The van der Waals surface area contributed by atoms with Crippen LogP contribution in [-0.2, 0) is 6.42 Å². The fraction of sp³-hybridized carbons (Fsp3) is 0.235. The highest BCUT2D eigenvalue weighted by Gasteiger charge is 2.15. The number of ether oxygens (including phenoxy) is 1. The molecular weight excluding hydrogens is 262 g/mol. The maximum absolute atomic E-state index is 6.17. The van der Waals surface area contributed by atoms with E-state index >= 15 is 0 Å². The molecule has 108 valence electrons. The molecule has 4 nitrogen and oxygen atoms in total. The van der Waals surface area contributed by atoms with E-state index in [2.05, 4.69) is 30.1 Å². The highest BCUT2D eigenvalue weighted by molar-refractivity contribution is 5.86. The maximum atomic E-state index is 6.17. The summed E-state index contributed by atoms with van der Waals surface area (Å²) >= 11 is 0. The van der Waals surface area contributed by atoms with Crippen LogP contribution in [0.4, 0.5) is 5.95 Å². The zero-order chi connectivity index (χ0) is 14.8. The third-order valence-electron chi connectivity index (χ3n) is 3.65. The lowest BCUT2D eigenvalue weighted by molar-refractivity contribution is 0.419. The number of methoxy groups -OCH3 is 1. The number of anilines is 1. The lowest BCUT2D eigenvalue weighted by Gasteiger charge is -2.12.